The molecule has 24 heavy (non-hydrogen) atoms. The van der Waals surface area contributed by atoms with Gasteiger partial charge < -0.3 is 4.42 Å². The summed E-state index contributed by atoms with van der Waals surface area (Å²) in [7, 11) is 0. The van der Waals surface area contributed by atoms with Crippen LogP contribution in [-0.2, 0) is 6.54 Å². The quantitative estimate of drug-likeness (QED) is 0.514. The first kappa shape index (κ1) is 16.1. The molecule has 0 N–H and O–H groups in total. The van der Waals surface area contributed by atoms with Gasteiger partial charge in [-0.2, -0.15) is 0 Å². The molecule has 0 amide bonds. The zero-order valence-electron chi connectivity index (χ0n) is 13.8. The highest BCUT2D eigenvalue weighted by Crippen LogP contribution is 2.27. The SMILES string of the molecule is C[C@@H]1CCCCN1Cc1ccc2oc(-c3cccc(I)c3)nc2c1. The fourth-order valence-corrected chi connectivity index (χ4v) is 3.99. The molecule has 3 aromatic rings. The number of halogens is 1. The fourth-order valence-electron chi connectivity index (χ4n) is 3.44. The van der Waals surface area contributed by atoms with Crippen LogP contribution in [0.1, 0.15) is 31.7 Å². The molecule has 1 atom stereocenters. The molecule has 124 valence electrons. The van der Waals surface area contributed by atoms with E-state index in [2.05, 4.69) is 64.7 Å². The van der Waals surface area contributed by atoms with Crippen LogP contribution in [0.4, 0.5) is 0 Å². The Labute approximate surface area is 156 Å². The Hall–Kier alpha value is -1.40. The number of likely N-dealkylation sites (tertiary alicyclic amines) is 1. The number of oxazole rings is 1. The molecule has 0 saturated carbocycles. The minimum Gasteiger partial charge on any atom is -0.436 e. The highest BCUT2D eigenvalue weighted by Gasteiger charge is 2.18. The van der Waals surface area contributed by atoms with Crippen molar-refractivity contribution in [2.75, 3.05) is 6.54 Å². The van der Waals surface area contributed by atoms with Crippen molar-refractivity contribution < 1.29 is 4.42 Å². The maximum Gasteiger partial charge on any atom is 0.227 e. The van der Waals surface area contributed by atoms with E-state index in [1.54, 1.807) is 0 Å². The molecule has 2 aromatic carbocycles. The Balaban J connectivity index is 1.61. The normalized spacial score (nSPS) is 19.0. The Bertz CT molecular complexity index is 858. The molecule has 0 unspecified atom stereocenters. The van der Waals surface area contributed by atoms with Crippen LogP contribution < -0.4 is 0 Å². The van der Waals surface area contributed by atoms with E-state index in [4.69, 9.17) is 9.40 Å². The lowest BCUT2D eigenvalue weighted by Gasteiger charge is -2.33. The van der Waals surface area contributed by atoms with E-state index in [1.165, 1.54) is 34.9 Å². The highest BCUT2D eigenvalue weighted by molar-refractivity contribution is 14.1. The lowest BCUT2D eigenvalue weighted by atomic mass is 10.0. The van der Waals surface area contributed by atoms with E-state index >= 15 is 0 Å². The van der Waals surface area contributed by atoms with E-state index in [9.17, 15) is 0 Å². The van der Waals surface area contributed by atoms with Crippen LogP contribution in [0, 0.1) is 3.57 Å². The van der Waals surface area contributed by atoms with Gasteiger partial charge in [-0.1, -0.05) is 18.6 Å². The second kappa shape index (κ2) is 6.84. The van der Waals surface area contributed by atoms with Gasteiger partial charge in [-0.3, -0.25) is 4.90 Å². The Morgan fingerprint density at radius 2 is 2.12 bits per heavy atom. The zero-order valence-corrected chi connectivity index (χ0v) is 16.0. The van der Waals surface area contributed by atoms with E-state index in [-0.39, 0.29) is 0 Å². The lowest BCUT2D eigenvalue weighted by molar-refractivity contribution is 0.152. The molecular weight excluding hydrogens is 411 g/mol. The number of hydrogen-bond acceptors (Lipinski definition) is 3. The number of aromatic nitrogens is 1. The molecule has 0 bridgehead atoms. The predicted octanol–water partition coefficient (Wildman–Crippen LogP) is 5.47. The summed E-state index contributed by atoms with van der Waals surface area (Å²) < 4.78 is 7.13. The molecule has 4 heteroatoms. The van der Waals surface area contributed by atoms with Crippen LogP contribution in [-0.4, -0.2) is 22.5 Å². The average Bonchev–Trinajstić information content (AvgIpc) is 3.00. The minimum absolute atomic E-state index is 0.675. The molecule has 0 spiro atoms. The average molecular weight is 432 g/mol. The summed E-state index contributed by atoms with van der Waals surface area (Å²) in [6, 6.07) is 15.3. The van der Waals surface area contributed by atoms with Gasteiger partial charge in [-0.25, -0.2) is 4.98 Å². The first-order chi connectivity index (χ1) is 11.7. The van der Waals surface area contributed by atoms with Crippen LogP contribution in [0.25, 0.3) is 22.6 Å². The molecular formula is C20H21IN2O. The van der Waals surface area contributed by atoms with Crippen molar-refractivity contribution in [1.29, 1.82) is 0 Å². The summed E-state index contributed by atoms with van der Waals surface area (Å²) >= 11 is 2.31. The summed E-state index contributed by atoms with van der Waals surface area (Å²) in [5, 5.41) is 0. The van der Waals surface area contributed by atoms with Crippen molar-refractivity contribution in [3.63, 3.8) is 0 Å². The zero-order chi connectivity index (χ0) is 16.5. The van der Waals surface area contributed by atoms with Gasteiger partial charge in [0.25, 0.3) is 0 Å². The number of benzene rings is 2. The molecule has 0 radical (unpaired) electrons. The Kier molecular flexibility index (Phi) is 4.59. The van der Waals surface area contributed by atoms with Gasteiger partial charge in [-0.15, -0.1) is 0 Å². The molecule has 1 fully saturated rings. The summed E-state index contributed by atoms with van der Waals surface area (Å²) in [6.45, 7) is 4.54. The molecule has 1 aromatic heterocycles. The highest BCUT2D eigenvalue weighted by atomic mass is 127. The van der Waals surface area contributed by atoms with Gasteiger partial charge in [0.2, 0.25) is 5.89 Å². The lowest BCUT2D eigenvalue weighted by Crippen LogP contribution is -2.36. The van der Waals surface area contributed by atoms with Gasteiger partial charge >= 0.3 is 0 Å². The first-order valence-corrected chi connectivity index (χ1v) is 9.66. The maximum atomic E-state index is 5.95. The van der Waals surface area contributed by atoms with Crippen LogP contribution in [0.15, 0.2) is 46.9 Å². The molecule has 1 aliphatic heterocycles. The van der Waals surface area contributed by atoms with Gasteiger partial charge in [0, 0.05) is 21.7 Å². The third-order valence-corrected chi connectivity index (χ3v) is 5.52. The standard InChI is InChI=1S/C20H21IN2O/c1-14-5-2-3-10-23(14)13-15-8-9-19-18(11-15)22-20(24-19)16-6-4-7-17(21)12-16/h4,6-9,11-12,14H,2-3,5,10,13H2,1H3/t14-/m1/s1. The maximum absolute atomic E-state index is 5.95. The fraction of sp³-hybridized carbons (Fsp3) is 0.350. The van der Waals surface area contributed by atoms with Crippen LogP contribution in [0.3, 0.4) is 0 Å². The molecule has 1 saturated heterocycles. The second-order valence-electron chi connectivity index (χ2n) is 6.65. The number of hydrogen-bond donors (Lipinski definition) is 0. The molecule has 2 heterocycles. The van der Waals surface area contributed by atoms with Gasteiger partial charge in [-0.05, 0) is 84.8 Å². The van der Waals surface area contributed by atoms with Crippen molar-refractivity contribution in [3.05, 3.63) is 51.6 Å². The van der Waals surface area contributed by atoms with Crippen molar-refractivity contribution >= 4 is 33.7 Å². The van der Waals surface area contributed by atoms with Crippen LogP contribution in [0.2, 0.25) is 0 Å². The minimum atomic E-state index is 0.675. The van der Waals surface area contributed by atoms with E-state index in [0.29, 0.717) is 11.9 Å². The smallest absolute Gasteiger partial charge is 0.227 e. The van der Waals surface area contributed by atoms with Crippen LogP contribution in [0.5, 0.6) is 0 Å². The third-order valence-electron chi connectivity index (χ3n) is 4.85. The third kappa shape index (κ3) is 3.35. The summed E-state index contributed by atoms with van der Waals surface area (Å²) in [5.41, 5.74) is 4.16. The molecule has 1 aliphatic rings. The van der Waals surface area contributed by atoms with E-state index in [0.717, 1.165) is 23.2 Å². The summed E-state index contributed by atoms with van der Waals surface area (Å²) in [4.78, 5) is 7.28. The number of rotatable bonds is 3. The number of nitrogens with zero attached hydrogens (tertiary/aromatic N) is 2. The Morgan fingerprint density at radius 1 is 1.21 bits per heavy atom. The van der Waals surface area contributed by atoms with E-state index < -0.39 is 0 Å². The van der Waals surface area contributed by atoms with Crippen molar-refractivity contribution in [1.82, 2.24) is 9.88 Å². The monoisotopic (exact) mass is 432 g/mol. The van der Waals surface area contributed by atoms with Gasteiger partial charge in [0.15, 0.2) is 5.58 Å². The first-order valence-electron chi connectivity index (χ1n) is 8.58. The predicted molar refractivity (Wildman–Crippen MR) is 106 cm³/mol. The molecule has 4 rings (SSSR count). The number of fused-ring (bicyclic) bond motifs is 1. The van der Waals surface area contributed by atoms with E-state index in [1.807, 2.05) is 12.1 Å². The van der Waals surface area contributed by atoms with Gasteiger partial charge in [0.1, 0.15) is 5.52 Å². The topological polar surface area (TPSA) is 29.3 Å². The summed E-state index contributed by atoms with van der Waals surface area (Å²) in [5.74, 6) is 0.701. The summed E-state index contributed by atoms with van der Waals surface area (Å²) in [6.07, 6.45) is 3.98. The largest absolute Gasteiger partial charge is 0.436 e. The Morgan fingerprint density at radius 3 is 2.96 bits per heavy atom. The van der Waals surface area contributed by atoms with Crippen molar-refractivity contribution in [2.24, 2.45) is 0 Å². The molecule has 3 nitrogen and oxygen atoms in total. The van der Waals surface area contributed by atoms with Crippen molar-refractivity contribution in [3.8, 4) is 11.5 Å². The molecule has 0 aliphatic carbocycles. The van der Waals surface area contributed by atoms with Crippen LogP contribution >= 0.6 is 22.6 Å². The van der Waals surface area contributed by atoms with Gasteiger partial charge in [0.05, 0.1) is 0 Å². The second-order valence-corrected chi connectivity index (χ2v) is 7.89. The van der Waals surface area contributed by atoms with Crippen molar-refractivity contribution in [2.45, 2.75) is 38.8 Å². The number of piperidine rings is 1.